The van der Waals surface area contributed by atoms with Crippen LogP contribution in [0.3, 0.4) is 0 Å². The third-order valence-electron chi connectivity index (χ3n) is 6.81. The predicted molar refractivity (Wildman–Crippen MR) is 155 cm³/mol. The molecule has 3 aromatic rings. The van der Waals surface area contributed by atoms with Gasteiger partial charge in [0.1, 0.15) is 6.04 Å². The number of aryl methyl sites for hydroxylation is 2. The van der Waals surface area contributed by atoms with Gasteiger partial charge in [0.25, 0.3) is 5.56 Å². The fraction of sp³-hybridized carbons (Fsp3) is 0.406. The highest BCUT2D eigenvalue weighted by atomic mass is 16.5. The highest BCUT2D eigenvalue weighted by Gasteiger charge is 2.27. The van der Waals surface area contributed by atoms with Crippen molar-refractivity contribution >= 4 is 11.9 Å². The molecule has 7 nitrogen and oxygen atoms in total. The minimum atomic E-state index is -0.721. The molecule has 0 aliphatic heterocycles. The van der Waals surface area contributed by atoms with Crippen molar-refractivity contribution < 1.29 is 14.3 Å². The summed E-state index contributed by atoms with van der Waals surface area (Å²) in [5, 5.41) is 3.09. The van der Waals surface area contributed by atoms with Crippen LogP contribution in [0, 0.1) is 19.8 Å². The van der Waals surface area contributed by atoms with E-state index in [2.05, 4.69) is 31.3 Å². The van der Waals surface area contributed by atoms with Crippen LogP contribution in [0.25, 0.3) is 11.1 Å². The molecule has 0 radical (unpaired) electrons. The maximum atomic E-state index is 13.8. The summed E-state index contributed by atoms with van der Waals surface area (Å²) in [4.78, 5) is 41.2. The molecular formula is C32H41N3O4. The molecule has 0 fully saturated rings. The molecule has 2 atom stereocenters. The fourth-order valence-corrected chi connectivity index (χ4v) is 5.00. The van der Waals surface area contributed by atoms with Crippen molar-refractivity contribution in [2.45, 2.75) is 59.2 Å². The smallest absolute Gasteiger partial charge is 0.307 e. The van der Waals surface area contributed by atoms with Gasteiger partial charge in [-0.3, -0.25) is 14.4 Å². The lowest BCUT2D eigenvalue weighted by molar-refractivity contribution is -0.141. The first-order valence-corrected chi connectivity index (χ1v) is 13.4. The van der Waals surface area contributed by atoms with Crippen LogP contribution in [0.4, 0.5) is 0 Å². The summed E-state index contributed by atoms with van der Waals surface area (Å²) in [5.41, 5.74) is 5.94. The topological polar surface area (TPSA) is 80.6 Å². The third kappa shape index (κ3) is 7.90. The second-order valence-corrected chi connectivity index (χ2v) is 10.9. The van der Waals surface area contributed by atoms with Gasteiger partial charge in [-0.05, 0) is 79.7 Å². The molecule has 3 rings (SSSR count). The van der Waals surface area contributed by atoms with Crippen LogP contribution >= 0.6 is 0 Å². The number of pyridine rings is 1. The first-order valence-electron chi connectivity index (χ1n) is 13.4. The fourth-order valence-electron chi connectivity index (χ4n) is 5.00. The Hall–Kier alpha value is -3.71. The minimum absolute atomic E-state index is 0.0254. The molecular weight excluding hydrogens is 490 g/mol. The molecule has 1 N–H and O–H groups in total. The number of nitrogens with zero attached hydrogens (tertiary/aromatic N) is 2. The first kappa shape index (κ1) is 29.8. The van der Waals surface area contributed by atoms with Crippen molar-refractivity contribution in [1.29, 1.82) is 0 Å². The Morgan fingerprint density at radius 2 is 1.67 bits per heavy atom. The molecule has 1 amide bonds. The molecule has 0 spiro atoms. The summed E-state index contributed by atoms with van der Waals surface area (Å²) in [7, 11) is 5.25. The standard InChI is InChI=1S/C32H41N3O4/c1-21(2)16-28(35-20-24(19-34(5)6)14-15-29(35)36)32(38)33-27(18-30(37)39-7)25-12-9-13-26(17-25)31-22(3)10-8-11-23(31)4/h8-15,17,20-21,27-28H,16,18-19H2,1-7H3,(H,33,38). The molecule has 1 aromatic heterocycles. The summed E-state index contributed by atoms with van der Waals surface area (Å²) in [6.07, 6.45) is 2.22. The lowest BCUT2D eigenvalue weighted by Gasteiger charge is -2.26. The van der Waals surface area contributed by atoms with Gasteiger partial charge in [-0.15, -0.1) is 0 Å². The zero-order valence-corrected chi connectivity index (χ0v) is 24.2. The van der Waals surface area contributed by atoms with Crippen LogP contribution in [-0.4, -0.2) is 42.5 Å². The van der Waals surface area contributed by atoms with E-state index in [1.807, 2.05) is 63.2 Å². The number of benzene rings is 2. The van der Waals surface area contributed by atoms with Crippen LogP contribution in [0.15, 0.2) is 65.6 Å². The number of carbonyl (C=O) groups is 2. The number of hydrogen-bond acceptors (Lipinski definition) is 5. The zero-order chi connectivity index (χ0) is 28.7. The van der Waals surface area contributed by atoms with Crippen LogP contribution < -0.4 is 10.9 Å². The van der Waals surface area contributed by atoms with Crippen LogP contribution in [0.2, 0.25) is 0 Å². The van der Waals surface area contributed by atoms with Gasteiger partial charge in [-0.2, -0.15) is 0 Å². The highest BCUT2D eigenvalue weighted by Crippen LogP contribution is 2.30. The van der Waals surface area contributed by atoms with Gasteiger partial charge in [-0.1, -0.05) is 56.3 Å². The van der Waals surface area contributed by atoms with Gasteiger partial charge >= 0.3 is 5.97 Å². The Bertz CT molecular complexity index is 1340. The number of hydrogen-bond donors (Lipinski definition) is 1. The van der Waals surface area contributed by atoms with Crippen LogP contribution in [0.1, 0.15) is 61.0 Å². The maximum absolute atomic E-state index is 13.8. The van der Waals surface area contributed by atoms with Crippen molar-refractivity contribution in [3.05, 3.63) is 93.4 Å². The molecule has 39 heavy (non-hydrogen) atoms. The van der Waals surface area contributed by atoms with E-state index in [0.29, 0.717) is 13.0 Å². The summed E-state index contributed by atoms with van der Waals surface area (Å²) in [5.74, 6) is -0.570. The highest BCUT2D eigenvalue weighted by molar-refractivity contribution is 5.82. The van der Waals surface area contributed by atoms with E-state index in [0.717, 1.165) is 33.4 Å². The number of nitrogens with one attached hydrogen (secondary N) is 1. The Labute approximate surface area is 231 Å². The van der Waals surface area contributed by atoms with Gasteiger partial charge in [0.2, 0.25) is 5.91 Å². The van der Waals surface area contributed by atoms with Gasteiger partial charge < -0.3 is 19.5 Å². The van der Waals surface area contributed by atoms with Crippen molar-refractivity contribution in [2.24, 2.45) is 5.92 Å². The number of aromatic nitrogens is 1. The second kappa shape index (κ2) is 13.4. The molecule has 2 aromatic carbocycles. The molecule has 0 bridgehead atoms. The number of esters is 1. The monoisotopic (exact) mass is 531 g/mol. The lowest BCUT2D eigenvalue weighted by Crippen LogP contribution is -2.40. The summed E-state index contributed by atoms with van der Waals surface area (Å²) < 4.78 is 6.49. The number of amides is 1. The molecule has 0 aliphatic rings. The summed E-state index contributed by atoms with van der Waals surface area (Å²) in [6.45, 7) is 8.83. The molecule has 1 heterocycles. The van der Waals surface area contributed by atoms with E-state index < -0.39 is 18.1 Å². The van der Waals surface area contributed by atoms with E-state index in [1.54, 1.807) is 12.3 Å². The minimum Gasteiger partial charge on any atom is -0.469 e. The molecule has 0 saturated heterocycles. The van der Waals surface area contributed by atoms with Gasteiger partial charge in [0, 0.05) is 18.8 Å². The Balaban J connectivity index is 2.01. The SMILES string of the molecule is COC(=O)CC(NC(=O)C(CC(C)C)n1cc(CN(C)C)ccc1=O)c1cccc(-c2c(C)cccc2C)c1. The number of methoxy groups -OCH3 is 1. The Kier molecular flexibility index (Phi) is 10.2. The van der Waals surface area contributed by atoms with E-state index in [1.165, 1.54) is 17.7 Å². The van der Waals surface area contributed by atoms with Crippen molar-refractivity contribution in [1.82, 2.24) is 14.8 Å². The molecule has 7 heteroatoms. The van der Waals surface area contributed by atoms with E-state index in [-0.39, 0.29) is 23.8 Å². The average Bonchev–Trinajstić information content (AvgIpc) is 2.87. The number of carbonyl (C=O) groups excluding carboxylic acids is 2. The number of rotatable bonds is 11. The Morgan fingerprint density at radius 3 is 2.28 bits per heavy atom. The largest absolute Gasteiger partial charge is 0.469 e. The Morgan fingerprint density at radius 1 is 1.00 bits per heavy atom. The predicted octanol–water partition coefficient (Wildman–Crippen LogP) is 5.20. The van der Waals surface area contributed by atoms with E-state index in [4.69, 9.17) is 4.74 Å². The summed E-state index contributed by atoms with van der Waals surface area (Å²) in [6, 6.07) is 16.0. The quantitative estimate of drug-likeness (QED) is 0.344. The van der Waals surface area contributed by atoms with Crippen LogP contribution in [-0.2, 0) is 20.9 Å². The van der Waals surface area contributed by atoms with Gasteiger partial charge in [0.15, 0.2) is 0 Å². The van der Waals surface area contributed by atoms with Crippen molar-refractivity contribution in [3.63, 3.8) is 0 Å². The third-order valence-corrected chi connectivity index (χ3v) is 6.81. The van der Waals surface area contributed by atoms with E-state index in [9.17, 15) is 14.4 Å². The lowest BCUT2D eigenvalue weighted by atomic mass is 9.92. The average molecular weight is 532 g/mol. The normalized spacial score (nSPS) is 12.8. The van der Waals surface area contributed by atoms with Crippen LogP contribution in [0.5, 0.6) is 0 Å². The molecule has 208 valence electrons. The van der Waals surface area contributed by atoms with Crippen molar-refractivity contribution in [2.75, 3.05) is 21.2 Å². The van der Waals surface area contributed by atoms with Gasteiger partial charge in [-0.25, -0.2) is 0 Å². The first-order chi connectivity index (χ1) is 18.5. The molecule has 0 aliphatic carbocycles. The number of ether oxygens (including phenoxy) is 1. The second-order valence-electron chi connectivity index (χ2n) is 10.9. The van der Waals surface area contributed by atoms with Crippen molar-refractivity contribution in [3.8, 4) is 11.1 Å². The summed E-state index contributed by atoms with van der Waals surface area (Å²) >= 11 is 0. The van der Waals surface area contributed by atoms with E-state index >= 15 is 0 Å². The maximum Gasteiger partial charge on any atom is 0.307 e. The molecule has 2 unspecified atom stereocenters. The van der Waals surface area contributed by atoms with Gasteiger partial charge in [0.05, 0.1) is 19.6 Å². The molecule has 0 saturated carbocycles. The zero-order valence-electron chi connectivity index (χ0n) is 24.2.